The van der Waals surface area contributed by atoms with Crippen LogP contribution in [0.25, 0.3) is 0 Å². The average molecular weight is 333 g/mol. The quantitative estimate of drug-likeness (QED) is 0.263. The zero-order valence-electron chi connectivity index (χ0n) is 14.8. The Labute approximate surface area is 149 Å². The summed E-state index contributed by atoms with van der Waals surface area (Å²) >= 11 is 0. The summed E-state index contributed by atoms with van der Waals surface area (Å²) in [6.45, 7) is 5.17. The van der Waals surface area contributed by atoms with Crippen LogP contribution >= 0.6 is 0 Å². The van der Waals surface area contributed by atoms with Crippen LogP contribution in [0.5, 0.6) is 0 Å². The number of oxime groups is 1. The zero-order chi connectivity index (χ0) is 17.5. The van der Waals surface area contributed by atoms with Crippen LogP contribution < -0.4 is 0 Å². The van der Waals surface area contributed by atoms with E-state index in [1.807, 2.05) is 42.8 Å². The summed E-state index contributed by atoms with van der Waals surface area (Å²) in [7, 11) is 0. The summed E-state index contributed by atoms with van der Waals surface area (Å²) in [5.74, 6) is 7.14. The fourth-order valence-electron chi connectivity index (χ4n) is 2.20. The van der Waals surface area contributed by atoms with Gasteiger partial charge in [-0.3, -0.25) is 0 Å². The molecule has 1 heterocycles. The first-order valence-corrected chi connectivity index (χ1v) is 8.60. The monoisotopic (exact) mass is 333 g/mol. The van der Waals surface area contributed by atoms with Crippen molar-refractivity contribution in [1.82, 2.24) is 9.55 Å². The van der Waals surface area contributed by atoms with E-state index in [4.69, 9.17) is 4.84 Å². The van der Waals surface area contributed by atoms with E-state index in [1.165, 1.54) is 18.4 Å². The topological polar surface area (TPSA) is 39.4 Å². The molecule has 1 aromatic heterocycles. The van der Waals surface area contributed by atoms with Crippen LogP contribution in [-0.2, 0) is 11.4 Å². The fourth-order valence-corrected chi connectivity index (χ4v) is 2.20. The largest absolute Gasteiger partial charge is 0.391 e. The number of hydrogen-bond acceptors (Lipinski definition) is 3. The van der Waals surface area contributed by atoms with E-state index in [2.05, 4.69) is 34.1 Å². The SMILES string of the molecule is CC(C)=CCO/N=C(\Cn1ccnc1)c1ccc(C#CC2CC2)cc1. The van der Waals surface area contributed by atoms with Gasteiger partial charge in [0, 0.05) is 29.4 Å². The maximum absolute atomic E-state index is 5.48. The van der Waals surface area contributed by atoms with Gasteiger partial charge in [0.15, 0.2) is 0 Å². The molecule has 1 fully saturated rings. The first kappa shape index (κ1) is 17.0. The average Bonchev–Trinajstić information content (AvgIpc) is 3.30. The Balaban J connectivity index is 1.74. The number of nitrogens with zero attached hydrogens (tertiary/aromatic N) is 3. The lowest BCUT2D eigenvalue weighted by molar-refractivity contribution is 0.173. The molecule has 3 rings (SSSR count). The number of benzene rings is 1. The Morgan fingerprint density at radius 3 is 2.76 bits per heavy atom. The Morgan fingerprint density at radius 1 is 1.32 bits per heavy atom. The molecule has 128 valence electrons. The van der Waals surface area contributed by atoms with Gasteiger partial charge in [-0.15, -0.1) is 0 Å². The van der Waals surface area contributed by atoms with Crippen molar-refractivity contribution in [3.05, 3.63) is 65.8 Å². The van der Waals surface area contributed by atoms with Crippen molar-refractivity contribution >= 4 is 5.71 Å². The molecule has 1 aliphatic carbocycles. The van der Waals surface area contributed by atoms with Gasteiger partial charge >= 0.3 is 0 Å². The molecular weight excluding hydrogens is 310 g/mol. The molecule has 0 saturated heterocycles. The molecule has 1 aliphatic rings. The lowest BCUT2D eigenvalue weighted by Crippen LogP contribution is -2.11. The van der Waals surface area contributed by atoms with Gasteiger partial charge in [0.2, 0.25) is 0 Å². The molecule has 1 saturated carbocycles. The molecule has 0 radical (unpaired) electrons. The van der Waals surface area contributed by atoms with Crippen LogP contribution in [-0.4, -0.2) is 21.9 Å². The highest BCUT2D eigenvalue weighted by Gasteiger charge is 2.17. The van der Waals surface area contributed by atoms with Crippen molar-refractivity contribution in [3.8, 4) is 11.8 Å². The first-order chi connectivity index (χ1) is 12.2. The summed E-state index contributed by atoms with van der Waals surface area (Å²) in [6.07, 6.45) is 9.96. The van der Waals surface area contributed by atoms with E-state index < -0.39 is 0 Å². The van der Waals surface area contributed by atoms with Crippen molar-refractivity contribution in [1.29, 1.82) is 0 Å². The molecule has 4 nitrogen and oxygen atoms in total. The second kappa shape index (κ2) is 8.34. The number of rotatable bonds is 6. The van der Waals surface area contributed by atoms with E-state index in [0.29, 0.717) is 19.1 Å². The van der Waals surface area contributed by atoms with Gasteiger partial charge in [-0.05, 0) is 44.9 Å². The van der Waals surface area contributed by atoms with Crippen molar-refractivity contribution in [2.45, 2.75) is 33.2 Å². The second-order valence-electron chi connectivity index (χ2n) is 6.47. The highest BCUT2D eigenvalue weighted by Crippen LogP contribution is 2.27. The summed E-state index contributed by atoms with van der Waals surface area (Å²) < 4.78 is 1.98. The van der Waals surface area contributed by atoms with Gasteiger partial charge in [0.05, 0.1) is 12.9 Å². The number of allylic oxidation sites excluding steroid dienone is 1. The molecule has 0 atom stereocenters. The third-order valence-electron chi connectivity index (χ3n) is 3.85. The van der Waals surface area contributed by atoms with Gasteiger partial charge in [-0.1, -0.05) is 34.7 Å². The van der Waals surface area contributed by atoms with Crippen LogP contribution in [0.4, 0.5) is 0 Å². The lowest BCUT2D eigenvalue weighted by Gasteiger charge is -2.08. The molecule has 0 amide bonds. The van der Waals surface area contributed by atoms with E-state index in [-0.39, 0.29) is 0 Å². The third-order valence-corrected chi connectivity index (χ3v) is 3.85. The van der Waals surface area contributed by atoms with Crippen molar-refractivity contribution in [2.24, 2.45) is 11.1 Å². The molecule has 1 aromatic carbocycles. The Bertz CT molecular complexity index is 797. The normalized spacial score (nSPS) is 13.8. The van der Waals surface area contributed by atoms with Crippen LogP contribution in [0.15, 0.2) is 59.8 Å². The van der Waals surface area contributed by atoms with E-state index in [0.717, 1.165) is 16.8 Å². The fraction of sp³-hybridized carbons (Fsp3) is 0.333. The summed E-state index contributed by atoms with van der Waals surface area (Å²) in [5.41, 5.74) is 4.15. The molecule has 4 heteroatoms. The smallest absolute Gasteiger partial charge is 0.135 e. The molecule has 0 unspecified atom stereocenters. The minimum atomic E-state index is 0.473. The predicted octanol–water partition coefficient (Wildman–Crippen LogP) is 4.03. The lowest BCUT2D eigenvalue weighted by atomic mass is 10.1. The van der Waals surface area contributed by atoms with Crippen molar-refractivity contribution < 1.29 is 4.84 Å². The van der Waals surface area contributed by atoms with Crippen molar-refractivity contribution in [3.63, 3.8) is 0 Å². The maximum atomic E-state index is 5.48. The van der Waals surface area contributed by atoms with Gasteiger partial charge in [0.1, 0.15) is 12.3 Å². The first-order valence-electron chi connectivity index (χ1n) is 8.60. The van der Waals surface area contributed by atoms with E-state index in [9.17, 15) is 0 Å². The van der Waals surface area contributed by atoms with Crippen LogP contribution in [0.1, 0.15) is 37.8 Å². The Morgan fingerprint density at radius 2 is 2.12 bits per heavy atom. The van der Waals surface area contributed by atoms with E-state index >= 15 is 0 Å². The molecule has 0 spiro atoms. The second-order valence-corrected chi connectivity index (χ2v) is 6.47. The standard InChI is InChI=1S/C21H23N3O/c1-17(2)11-14-25-23-21(15-24-13-12-22-16-24)20-9-7-19(8-10-20)6-5-18-3-4-18/h7-13,16,18H,3-4,14-15H2,1-2H3/b23-21+. The summed E-state index contributed by atoms with van der Waals surface area (Å²) in [4.78, 5) is 9.57. The van der Waals surface area contributed by atoms with Crippen LogP contribution in [0.3, 0.4) is 0 Å². The third kappa shape index (κ3) is 5.65. The molecule has 25 heavy (non-hydrogen) atoms. The Kier molecular flexibility index (Phi) is 5.69. The van der Waals surface area contributed by atoms with Crippen molar-refractivity contribution in [2.75, 3.05) is 6.61 Å². The van der Waals surface area contributed by atoms with Gasteiger partial charge in [-0.2, -0.15) is 0 Å². The minimum Gasteiger partial charge on any atom is -0.391 e. The van der Waals surface area contributed by atoms with E-state index in [1.54, 1.807) is 12.5 Å². The van der Waals surface area contributed by atoms with Gasteiger partial charge in [-0.25, -0.2) is 4.98 Å². The number of aromatic nitrogens is 2. The highest BCUT2D eigenvalue weighted by molar-refractivity contribution is 6.00. The molecule has 0 N–H and O–H groups in total. The van der Waals surface area contributed by atoms with Crippen LogP contribution in [0.2, 0.25) is 0 Å². The number of hydrogen-bond donors (Lipinski definition) is 0. The number of imidazole rings is 1. The molecule has 0 aliphatic heterocycles. The molecule has 2 aromatic rings. The summed E-state index contributed by atoms with van der Waals surface area (Å²) in [6, 6.07) is 8.20. The van der Waals surface area contributed by atoms with Gasteiger partial charge in [0.25, 0.3) is 0 Å². The predicted molar refractivity (Wildman–Crippen MR) is 100 cm³/mol. The zero-order valence-corrected chi connectivity index (χ0v) is 14.8. The van der Waals surface area contributed by atoms with Crippen LogP contribution in [0, 0.1) is 17.8 Å². The maximum Gasteiger partial charge on any atom is 0.135 e. The Hall–Kier alpha value is -2.80. The highest BCUT2D eigenvalue weighted by atomic mass is 16.6. The molecular formula is C21H23N3O. The van der Waals surface area contributed by atoms with Gasteiger partial charge < -0.3 is 9.40 Å². The molecule has 0 bridgehead atoms. The minimum absolute atomic E-state index is 0.473. The summed E-state index contributed by atoms with van der Waals surface area (Å²) in [5, 5.41) is 4.34.